The molecular weight excluding hydrogens is 597 g/mol. The monoisotopic (exact) mass is 660 g/mol. The first kappa shape index (κ1) is 41.3. The number of ketones is 3. The van der Waals surface area contributed by atoms with Crippen LogP contribution in [0.3, 0.4) is 0 Å². The second-order valence-electron chi connectivity index (χ2n) is 14.3. The number of rotatable bonds is 24. The van der Waals surface area contributed by atoms with Gasteiger partial charge in [-0.2, -0.15) is 0 Å². The number of Topliss-reactive ketones (excluding diaryl/α,β-unsaturated/α-hetero) is 2. The molecule has 0 radical (unpaired) electrons. The van der Waals surface area contributed by atoms with Crippen LogP contribution in [0.25, 0.3) is 0 Å². The number of benzene rings is 1. The van der Waals surface area contributed by atoms with E-state index >= 15 is 0 Å². The van der Waals surface area contributed by atoms with Crippen molar-refractivity contribution >= 4 is 34.0 Å². The molecule has 256 valence electrons. The molecule has 0 saturated heterocycles. The zero-order chi connectivity index (χ0) is 34.2. The second kappa shape index (κ2) is 19.8. The lowest BCUT2D eigenvalue weighted by atomic mass is 9.89. The Morgan fingerprint density at radius 3 is 2.07 bits per heavy atom. The normalized spacial score (nSPS) is 14.8. The minimum Gasteiger partial charge on any atom is -0.414 e. The van der Waals surface area contributed by atoms with Crippen LogP contribution in [0.5, 0.6) is 0 Å². The van der Waals surface area contributed by atoms with Gasteiger partial charge < -0.3 is 13.6 Å². The predicted octanol–water partition coefficient (Wildman–Crippen LogP) is 9.78. The molecule has 0 N–H and O–H groups in total. The summed E-state index contributed by atoms with van der Waals surface area (Å²) in [5.41, 5.74) is 0.159. The number of hydrogen-bond donors (Lipinski definition) is 0. The summed E-state index contributed by atoms with van der Waals surface area (Å²) in [6, 6.07) is 13.4. The van der Waals surface area contributed by atoms with Crippen LogP contribution in [0.4, 0.5) is 0 Å². The first-order chi connectivity index (χ1) is 21.0. The van der Waals surface area contributed by atoms with E-state index in [0.29, 0.717) is 45.3 Å². The van der Waals surface area contributed by atoms with Crippen LogP contribution in [0, 0.1) is 0 Å². The molecule has 0 saturated carbocycles. The van der Waals surface area contributed by atoms with Gasteiger partial charge in [-0.3, -0.25) is 14.4 Å². The quantitative estimate of drug-likeness (QED) is 0.0624. The minimum atomic E-state index is -2.30. The number of carbonyl (C=O) groups excluding carboxylic acids is 3. The van der Waals surface area contributed by atoms with E-state index in [1.807, 2.05) is 31.2 Å². The van der Waals surface area contributed by atoms with Crippen molar-refractivity contribution in [3.05, 3.63) is 48.0 Å². The Hall–Kier alpha value is -1.72. The van der Waals surface area contributed by atoms with E-state index in [-0.39, 0.29) is 41.3 Å². The first-order valence-electron chi connectivity index (χ1n) is 17.2. The highest BCUT2D eigenvalue weighted by atomic mass is 28.4. The zero-order valence-electron chi connectivity index (χ0n) is 30.3. The summed E-state index contributed by atoms with van der Waals surface area (Å²) < 4.78 is 20.0. The van der Waals surface area contributed by atoms with Crippen molar-refractivity contribution in [1.82, 2.24) is 0 Å². The van der Waals surface area contributed by atoms with Gasteiger partial charge in [0, 0.05) is 32.0 Å². The van der Waals surface area contributed by atoms with Crippen LogP contribution in [0.2, 0.25) is 36.3 Å². The van der Waals surface area contributed by atoms with E-state index in [2.05, 4.69) is 66.8 Å². The Kier molecular flexibility index (Phi) is 18.2. The van der Waals surface area contributed by atoms with E-state index in [1.54, 1.807) is 0 Å². The Morgan fingerprint density at radius 2 is 1.51 bits per heavy atom. The molecular formula is C37H64O6Si2. The highest BCUT2D eigenvalue weighted by Gasteiger charge is 2.46. The van der Waals surface area contributed by atoms with E-state index in [0.717, 1.165) is 30.1 Å². The summed E-state index contributed by atoms with van der Waals surface area (Å²) in [5.74, 6) is 0.0873. The molecule has 1 aromatic rings. The van der Waals surface area contributed by atoms with Crippen molar-refractivity contribution in [3.63, 3.8) is 0 Å². The van der Waals surface area contributed by atoms with Crippen LogP contribution >= 0.6 is 0 Å². The molecule has 1 aromatic carbocycles. The molecule has 0 aliphatic rings. The highest BCUT2D eigenvalue weighted by molar-refractivity contribution is 6.74. The highest BCUT2D eigenvalue weighted by Crippen LogP contribution is 2.41. The van der Waals surface area contributed by atoms with Gasteiger partial charge in [-0.25, -0.2) is 0 Å². The Morgan fingerprint density at radius 1 is 0.889 bits per heavy atom. The van der Waals surface area contributed by atoms with Crippen molar-refractivity contribution in [3.8, 4) is 0 Å². The van der Waals surface area contributed by atoms with Crippen LogP contribution in [0.1, 0.15) is 112 Å². The SMILES string of the molecule is CC[Si](CC)(CC)O[C@H](CCOCc1ccccc1)CC[C@@](C)(O[Si](C)(C)C(C)(C)C)C(=O)CCC(=O)CCC/C=C/C(C)=O. The number of carbonyl (C=O) groups is 3. The average molecular weight is 661 g/mol. The summed E-state index contributed by atoms with van der Waals surface area (Å²) in [6.45, 7) is 22.3. The maximum absolute atomic E-state index is 13.9. The van der Waals surface area contributed by atoms with Gasteiger partial charge in [0.1, 0.15) is 11.4 Å². The van der Waals surface area contributed by atoms with Crippen LogP contribution in [0.15, 0.2) is 42.5 Å². The molecule has 45 heavy (non-hydrogen) atoms. The maximum atomic E-state index is 13.9. The third kappa shape index (κ3) is 15.2. The standard InChI is InChI=1S/C37H64O6Si2/c1-11-45(12-2,13-3)42-34(27-29-41-30-32-21-17-15-18-22-32)26-28-37(8,43-44(9,10)36(5,6)7)35(40)25-24-33(39)23-19-14-16-20-31(4)38/h15-18,20-22,34H,11-14,19,23-30H2,1-10H3/b20-16+/t34-,37+/m0/s1. The van der Waals surface area contributed by atoms with Crippen molar-refractivity contribution in [2.45, 2.75) is 161 Å². The van der Waals surface area contributed by atoms with Gasteiger partial charge in [0.15, 0.2) is 28.2 Å². The molecule has 0 amide bonds. The van der Waals surface area contributed by atoms with E-state index in [9.17, 15) is 14.4 Å². The lowest BCUT2D eigenvalue weighted by Crippen LogP contribution is -2.52. The molecule has 2 atom stereocenters. The lowest BCUT2D eigenvalue weighted by molar-refractivity contribution is -0.136. The molecule has 1 rings (SSSR count). The predicted molar refractivity (Wildman–Crippen MR) is 192 cm³/mol. The van der Waals surface area contributed by atoms with Crippen LogP contribution in [-0.4, -0.2) is 52.3 Å². The number of allylic oxidation sites excluding steroid dienone is 2. The molecule has 8 heteroatoms. The molecule has 0 aliphatic heterocycles. The lowest BCUT2D eigenvalue weighted by Gasteiger charge is -2.44. The molecule has 0 spiro atoms. The Balaban J connectivity index is 3.06. The Bertz CT molecular complexity index is 1050. The topological polar surface area (TPSA) is 78.9 Å². The molecule has 6 nitrogen and oxygen atoms in total. The summed E-state index contributed by atoms with van der Waals surface area (Å²) in [4.78, 5) is 37.7. The molecule has 0 aromatic heterocycles. The minimum absolute atomic E-state index is 0.00112. The zero-order valence-corrected chi connectivity index (χ0v) is 32.3. The van der Waals surface area contributed by atoms with Crippen molar-refractivity contribution < 1.29 is 28.0 Å². The van der Waals surface area contributed by atoms with E-state index in [1.165, 1.54) is 13.0 Å². The number of ether oxygens (including phenoxy) is 1. The van der Waals surface area contributed by atoms with Gasteiger partial charge in [-0.1, -0.05) is 78.0 Å². The van der Waals surface area contributed by atoms with Crippen molar-refractivity contribution in [2.24, 2.45) is 0 Å². The summed E-state index contributed by atoms with van der Waals surface area (Å²) in [6.07, 6.45) is 7.51. The largest absolute Gasteiger partial charge is 0.414 e. The Labute approximate surface area is 277 Å². The summed E-state index contributed by atoms with van der Waals surface area (Å²) in [7, 11) is -4.21. The average Bonchev–Trinajstić information content (AvgIpc) is 2.98. The third-order valence-corrected chi connectivity index (χ3v) is 18.9. The first-order valence-corrected chi connectivity index (χ1v) is 22.7. The van der Waals surface area contributed by atoms with Gasteiger partial charge in [-0.15, -0.1) is 0 Å². The fraction of sp³-hybridized carbons (Fsp3) is 0.703. The smallest absolute Gasteiger partial charge is 0.193 e. The van der Waals surface area contributed by atoms with Gasteiger partial charge in [0.05, 0.1) is 6.61 Å². The summed E-state index contributed by atoms with van der Waals surface area (Å²) in [5, 5.41) is -0.0619. The van der Waals surface area contributed by atoms with Crippen LogP contribution in [-0.2, 0) is 34.6 Å². The van der Waals surface area contributed by atoms with Crippen molar-refractivity contribution in [1.29, 1.82) is 0 Å². The van der Waals surface area contributed by atoms with Gasteiger partial charge in [0.25, 0.3) is 0 Å². The molecule has 0 aliphatic carbocycles. The second-order valence-corrected chi connectivity index (χ2v) is 23.8. The van der Waals surface area contributed by atoms with E-state index < -0.39 is 22.2 Å². The molecule has 0 heterocycles. The van der Waals surface area contributed by atoms with Gasteiger partial charge in [0.2, 0.25) is 0 Å². The number of hydrogen-bond acceptors (Lipinski definition) is 6. The fourth-order valence-corrected chi connectivity index (χ4v) is 9.89. The third-order valence-electron chi connectivity index (χ3n) is 9.68. The molecule has 0 fully saturated rings. The van der Waals surface area contributed by atoms with Gasteiger partial charge in [-0.05, 0) is 93.9 Å². The molecule has 0 unspecified atom stereocenters. The van der Waals surface area contributed by atoms with E-state index in [4.69, 9.17) is 13.6 Å². The van der Waals surface area contributed by atoms with Crippen LogP contribution < -0.4 is 0 Å². The van der Waals surface area contributed by atoms with Crippen molar-refractivity contribution in [2.75, 3.05) is 6.61 Å². The summed E-state index contributed by atoms with van der Waals surface area (Å²) >= 11 is 0. The fourth-order valence-electron chi connectivity index (χ4n) is 5.30. The maximum Gasteiger partial charge on any atom is 0.193 e. The molecule has 0 bridgehead atoms. The number of unbranched alkanes of at least 4 members (excludes halogenated alkanes) is 1. The van der Waals surface area contributed by atoms with Gasteiger partial charge >= 0.3 is 0 Å².